The summed E-state index contributed by atoms with van der Waals surface area (Å²) in [5.41, 5.74) is 6.09. The number of nitrogens with zero attached hydrogens (tertiary/aromatic N) is 6. The molecule has 4 heterocycles. The number of rotatable bonds is 4. The lowest BCUT2D eigenvalue weighted by atomic mass is 10.1. The average molecular weight is 431 g/mol. The van der Waals surface area contributed by atoms with Crippen LogP contribution in [0.3, 0.4) is 0 Å². The van der Waals surface area contributed by atoms with Crippen LogP contribution in [0.2, 0.25) is 0 Å². The van der Waals surface area contributed by atoms with Gasteiger partial charge in [-0.05, 0) is 42.0 Å². The minimum Gasteiger partial charge on any atom is -0.340 e. The van der Waals surface area contributed by atoms with E-state index in [9.17, 15) is 4.79 Å². The normalized spacial score (nSPS) is 11.3. The van der Waals surface area contributed by atoms with Crippen LogP contribution in [0, 0.1) is 0 Å². The lowest BCUT2D eigenvalue weighted by Gasteiger charge is -2.04. The first-order chi connectivity index (χ1) is 16.2. The van der Waals surface area contributed by atoms with Crippen molar-refractivity contribution in [3.8, 4) is 28.3 Å². The molecule has 0 saturated heterocycles. The smallest absolute Gasteiger partial charge is 0.334 e. The zero-order chi connectivity index (χ0) is 22.4. The Balaban J connectivity index is 1.68. The molecule has 33 heavy (non-hydrogen) atoms. The minimum atomic E-state index is 0.616. The van der Waals surface area contributed by atoms with E-state index in [-0.39, 0.29) is 0 Å². The number of fused-ring (bicyclic) bond motifs is 3. The molecule has 0 unspecified atom stereocenters. The van der Waals surface area contributed by atoms with E-state index >= 15 is 0 Å². The summed E-state index contributed by atoms with van der Waals surface area (Å²) in [7, 11) is 1.93. The lowest BCUT2D eigenvalue weighted by Crippen LogP contribution is -2.22. The van der Waals surface area contributed by atoms with Gasteiger partial charge in [0.1, 0.15) is 12.0 Å². The summed E-state index contributed by atoms with van der Waals surface area (Å²) in [6, 6.07) is 21.7. The zero-order valence-electron chi connectivity index (χ0n) is 17.8. The number of carbonyl (C=O) groups is 1. The third-order valence-electron chi connectivity index (χ3n) is 5.71. The molecule has 7 nitrogen and oxygen atoms in total. The molecule has 2 aromatic carbocycles. The van der Waals surface area contributed by atoms with Gasteiger partial charge < -0.3 is 4.57 Å². The van der Waals surface area contributed by atoms with E-state index in [1.54, 1.807) is 18.5 Å². The van der Waals surface area contributed by atoms with E-state index in [1.807, 2.05) is 75.7 Å². The number of aryl methyl sites for hydroxylation is 1. The van der Waals surface area contributed by atoms with Crippen LogP contribution in [0.1, 0.15) is 10.4 Å². The molecule has 7 heteroatoms. The van der Waals surface area contributed by atoms with E-state index < -0.39 is 0 Å². The Hall–Kier alpha value is -4.65. The minimum absolute atomic E-state index is 0.616. The molecule has 158 valence electrons. The predicted octanol–water partition coefficient (Wildman–Crippen LogP) is 4.04. The van der Waals surface area contributed by atoms with Crippen molar-refractivity contribution in [3.63, 3.8) is 0 Å². The highest BCUT2D eigenvalue weighted by atomic mass is 16.1. The predicted molar refractivity (Wildman–Crippen MR) is 125 cm³/mol. The van der Waals surface area contributed by atoms with Gasteiger partial charge in [0.2, 0.25) is 0 Å². The summed E-state index contributed by atoms with van der Waals surface area (Å²) in [6.07, 6.45) is 8.41. The largest absolute Gasteiger partial charge is 0.340 e. The Bertz CT molecular complexity index is 1630. The number of aromatic nitrogens is 6. The van der Waals surface area contributed by atoms with Gasteiger partial charge in [0.25, 0.3) is 5.65 Å². The van der Waals surface area contributed by atoms with Gasteiger partial charge in [-0.2, -0.15) is 4.40 Å². The Morgan fingerprint density at radius 2 is 1.76 bits per heavy atom. The van der Waals surface area contributed by atoms with Crippen LogP contribution in [0.25, 0.3) is 44.9 Å². The number of aldehydes is 1. The van der Waals surface area contributed by atoms with Crippen molar-refractivity contribution in [2.24, 2.45) is 7.05 Å². The van der Waals surface area contributed by atoms with Gasteiger partial charge in [0, 0.05) is 30.6 Å². The summed E-state index contributed by atoms with van der Waals surface area (Å²) in [5, 5.41) is 5.90. The third kappa shape index (κ3) is 3.18. The van der Waals surface area contributed by atoms with Crippen LogP contribution in [0.5, 0.6) is 0 Å². The fraction of sp³-hybridized carbons (Fsp3) is 0.0385. The van der Waals surface area contributed by atoms with E-state index in [1.165, 1.54) is 0 Å². The van der Waals surface area contributed by atoms with Gasteiger partial charge >= 0.3 is 5.82 Å². The molecule has 0 aliphatic carbocycles. The second-order valence-electron chi connectivity index (χ2n) is 7.90. The Kier molecular flexibility index (Phi) is 4.33. The number of pyridine rings is 2. The third-order valence-corrected chi connectivity index (χ3v) is 5.71. The van der Waals surface area contributed by atoms with Crippen molar-refractivity contribution in [1.82, 2.24) is 24.3 Å². The maximum absolute atomic E-state index is 11.2. The van der Waals surface area contributed by atoms with Gasteiger partial charge in [0.05, 0.1) is 28.5 Å². The van der Waals surface area contributed by atoms with Crippen molar-refractivity contribution >= 4 is 22.8 Å². The van der Waals surface area contributed by atoms with E-state index in [2.05, 4.69) is 23.2 Å². The summed E-state index contributed by atoms with van der Waals surface area (Å²) in [6.45, 7) is 0. The van der Waals surface area contributed by atoms with Gasteiger partial charge in [-0.1, -0.05) is 35.0 Å². The van der Waals surface area contributed by atoms with Crippen molar-refractivity contribution in [2.45, 2.75) is 0 Å². The number of carbonyl (C=O) groups excluding carboxylic acids is 1. The standard InChI is InChI=1S/C26H19N6O/c1-30-15-24(28-17-30)25-29-32(21-9-7-18(16-33)8-10-21)26-22-13-20(19-5-3-2-4-6-19)14-27-23(22)11-12-31(25)26/h2-17H,1H3/q+1. The van der Waals surface area contributed by atoms with Crippen LogP contribution >= 0.6 is 0 Å². The molecule has 0 radical (unpaired) electrons. The molecule has 0 spiro atoms. The maximum Gasteiger partial charge on any atom is 0.334 e. The molecule has 0 N–H and O–H groups in total. The molecule has 0 atom stereocenters. The topological polar surface area (TPSA) is 69.7 Å². The van der Waals surface area contributed by atoms with E-state index in [0.29, 0.717) is 5.56 Å². The molecule has 0 bridgehead atoms. The highest BCUT2D eigenvalue weighted by Crippen LogP contribution is 2.26. The van der Waals surface area contributed by atoms with Crippen molar-refractivity contribution < 1.29 is 9.20 Å². The summed E-state index contributed by atoms with van der Waals surface area (Å²) in [4.78, 5) is 20.4. The lowest BCUT2D eigenvalue weighted by molar-refractivity contribution is -0.498. The van der Waals surface area contributed by atoms with Crippen LogP contribution in [0.15, 0.2) is 91.6 Å². The molecule has 6 aromatic rings. The van der Waals surface area contributed by atoms with Gasteiger partial charge in [-0.25, -0.2) is 4.98 Å². The second kappa shape index (κ2) is 7.49. The van der Waals surface area contributed by atoms with Crippen molar-refractivity contribution in [2.75, 3.05) is 0 Å². The van der Waals surface area contributed by atoms with Crippen molar-refractivity contribution in [1.29, 1.82) is 0 Å². The SMILES string of the molecule is Cn1cnc(-c2nn(-c3ccc(C=O)cc3)c3c4cc(-c5ccccc5)cnc4cc[n+]23)c1. The zero-order valence-corrected chi connectivity index (χ0v) is 17.8. The van der Waals surface area contributed by atoms with Crippen LogP contribution in [-0.2, 0) is 7.05 Å². The summed E-state index contributed by atoms with van der Waals surface area (Å²) < 4.78 is 5.82. The molecule has 4 aromatic heterocycles. The van der Waals surface area contributed by atoms with Crippen LogP contribution in [0.4, 0.5) is 0 Å². The van der Waals surface area contributed by atoms with Crippen LogP contribution in [-0.4, -0.2) is 30.6 Å². The number of hydrogen-bond donors (Lipinski definition) is 0. The Morgan fingerprint density at radius 3 is 2.48 bits per heavy atom. The Labute approximate surface area is 189 Å². The highest BCUT2D eigenvalue weighted by molar-refractivity contribution is 5.93. The number of hydrogen-bond acceptors (Lipinski definition) is 4. The first-order valence-corrected chi connectivity index (χ1v) is 10.5. The fourth-order valence-corrected chi connectivity index (χ4v) is 4.08. The first-order valence-electron chi connectivity index (χ1n) is 10.5. The summed E-state index contributed by atoms with van der Waals surface area (Å²) >= 11 is 0. The van der Waals surface area contributed by atoms with E-state index in [0.717, 1.165) is 51.2 Å². The molecule has 0 amide bonds. The molecular formula is C26H19N6O+. The van der Waals surface area contributed by atoms with Crippen LogP contribution < -0.4 is 4.40 Å². The molecular weight excluding hydrogens is 412 g/mol. The molecule has 0 saturated carbocycles. The average Bonchev–Trinajstić information content (AvgIpc) is 3.48. The second-order valence-corrected chi connectivity index (χ2v) is 7.90. The number of benzene rings is 2. The molecule has 0 fully saturated rings. The monoisotopic (exact) mass is 431 g/mol. The maximum atomic E-state index is 11.2. The molecule has 0 aliphatic rings. The van der Waals surface area contributed by atoms with Gasteiger partial charge in [-0.3, -0.25) is 9.78 Å². The molecule has 6 rings (SSSR count). The van der Waals surface area contributed by atoms with Crippen molar-refractivity contribution in [3.05, 3.63) is 97.2 Å². The van der Waals surface area contributed by atoms with E-state index in [4.69, 9.17) is 10.1 Å². The first kappa shape index (κ1) is 19.1. The molecule has 0 aliphatic heterocycles. The summed E-state index contributed by atoms with van der Waals surface area (Å²) in [5.74, 6) is 0.720. The quantitative estimate of drug-likeness (QED) is 0.312. The van der Waals surface area contributed by atoms with Gasteiger partial charge in [0.15, 0.2) is 5.69 Å². The highest BCUT2D eigenvalue weighted by Gasteiger charge is 2.26. The number of imidazole rings is 1. The fourth-order valence-electron chi connectivity index (χ4n) is 4.08. The van der Waals surface area contributed by atoms with Gasteiger partial charge in [-0.15, -0.1) is 0 Å². The Morgan fingerprint density at radius 1 is 0.939 bits per heavy atom.